The highest BCUT2D eigenvalue weighted by Crippen LogP contribution is 2.04. The van der Waals surface area contributed by atoms with E-state index in [9.17, 15) is 4.79 Å². The summed E-state index contributed by atoms with van der Waals surface area (Å²) < 4.78 is 0. The fraction of sp³-hybridized carbons (Fsp3) is 0.333. The summed E-state index contributed by atoms with van der Waals surface area (Å²) in [6, 6.07) is 0. The van der Waals surface area contributed by atoms with E-state index < -0.39 is 0 Å². The Hall–Kier alpha value is -1.03. The molecule has 0 aromatic carbocycles. The summed E-state index contributed by atoms with van der Waals surface area (Å²) in [5.41, 5.74) is 0. The third-order valence-electron chi connectivity index (χ3n) is 1.38. The Morgan fingerprint density at radius 3 is 3.23 bits per heavy atom. The Balaban J connectivity index is 2.16. The Morgan fingerprint density at radius 2 is 2.62 bits per heavy atom. The fourth-order valence-corrected chi connectivity index (χ4v) is 1.38. The Bertz CT molecular complexity index is 280. The fourth-order valence-electron chi connectivity index (χ4n) is 0.834. The number of H-pyrrole nitrogens is 1. The second-order valence-corrected chi connectivity index (χ2v) is 3.78. The number of hydrogen-bond donors (Lipinski definition) is 1. The molecular weight excluding hydrogens is 184 g/mol. The van der Waals surface area contributed by atoms with Gasteiger partial charge in [0.05, 0.1) is 0 Å². The number of aromatic nitrogens is 2. The monoisotopic (exact) mass is 196 g/mol. The van der Waals surface area contributed by atoms with Gasteiger partial charge in [-0.15, -0.1) is 0 Å². The first-order chi connectivity index (χ1) is 6.29. The highest BCUT2D eigenvalue weighted by Gasteiger charge is 1.91. The number of rotatable bonds is 4. The van der Waals surface area contributed by atoms with Gasteiger partial charge in [0.15, 0.2) is 5.12 Å². The smallest absolute Gasteiger partial charge is 0.185 e. The van der Waals surface area contributed by atoms with Crippen molar-refractivity contribution in [2.45, 2.75) is 13.3 Å². The summed E-state index contributed by atoms with van der Waals surface area (Å²) in [5, 5.41) is 0.173. The Labute approximate surface area is 81.6 Å². The van der Waals surface area contributed by atoms with Gasteiger partial charge in [0.1, 0.15) is 5.82 Å². The summed E-state index contributed by atoms with van der Waals surface area (Å²) in [6.45, 7) is 1.58. The molecule has 0 atom stereocenters. The van der Waals surface area contributed by atoms with Crippen LogP contribution in [0.25, 0.3) is 6.08 Å². The molecule has 0 radical (unpaired) electrons. The molecule has 0 spiro atoms. The first-order valence-electron chi connectivity index (χ1n) is 4.08. The molecule has 1 aromatic rings. The molecule has 1 aromatic heterocycles. The van der Waals surface area contributed by atoms with Crippen molar-refractivity contribution < 1.29 is 4.79 Å². The van der Waals surface area contributed by atoms with E-state index in [-0.39, 0.29) is 5.12 Å². The minimum absolute atomic E-state index is 0.173. The van der Waals surface area contributed by atoms with Crippen LogP contribution < -0.4 is 0 Å². The van der Waals surface area contributed by atoms with Crippen LogP contribution in [0.2, 0.25) is 0 Å². The van der Waals surface area contributed by atoms with Crippen molar-refractivity contribution in [3.05, 3.63) is 24.3 Å². The SMILES string of the molecule is CC(=O)SCCC=Cc1ncc[nH]1. The predicted octanol–water partition coefficient (Wildman–Crippen LogP) is 2.09. The van der Waals surface area contributed by atoms with Gasteiger partial charge in [-0.25, -0.2) is 4.98 Å². The average molecular weight is 196 g/mol. The lowest BCUT2D eigenvalue weighted by Crippen LogP contribution is -1.83. The van der Waals surface area contributed by atoms with E-state index >= 15 is 0 Å². The van der Waals surface area contributed by atoms with Crippen molar-refractivity contribution in [1.82, 2.24) is 9.97 Å². The van der Waals surface area contributed by atoms with E-state index in [0.717, 1.165) is 18.0 Å². The number of imidazole rings is 1. The zero-order chi connectivity index (χ0) is 9.52. The number of carbonyl (C=O) groups is 1. The van der Waals surface area contributed by atoms with E-state index in [4.69, 9.17) is 0 Å². The summed E-state index contributed by atoms with van der Waals surface area (Å²) in [7, 11) is 0. The highest BCUT2D eigenvalue weighted by atomic mass is 32.2. The number of carbonyl (C=O) groups excluding carboxylic acids is 1. The van der Waals surface area contributed by atoms with Gasteiger partial charge in [-0.3, -0.25) is 4.79 Å². The number of allylic oxidation sites excluding steroid dienone is 1. The molecule has 0 bridgehead atoms. The Morgan fingerprint density at radius 1 is 1.77 bits per heavy atom. The van der Waals surface area contributed by atoms with Crippen LogP contribution in [0.15, 0.2) is 18.5 Å². The van der Waals surface area contributed by atoms with Gasteiger partial charge in [0, 0.05) is 25.1 Å². The van der Waals surface area contributed by atoms with Crippen molar-refractivity contribution in [2.24, 2.45) is 0 Å². The van der Waals surface area contributed by atoms with Gasteiger partial charge in [-0.1, -0.05) is 17.8 Å². The third-order valence-corrected chi connectivity index (χ3v) is 2.23. The summed E-state index contributed by atoms with van der Waals surface area (Å²) in [4.78, 5) is 17.6. The number of hydrogen-bond acceptors (Lipinski definition) is 3. The third kappa shape index (κ3) is 4.52. The predicted molar refractivity (Wildman–Crippen MR) is 55.4 cm³/mol. The molecule has 13 heavy (non-hydrogen) atoms. The largest absolute Gasteiger partial charge is 0.345 e. The first kappa shape index (κ1) is 10.1. The van der Waals surface area contributed by atoms with Crippen LogP contribution >= 0.6 is 11.8 Å². The molecule has 3 nitrogen and oxygen atoms in total. The molecule has 0 unspecified atom stereocenters. The lowest BCUT2D eigenvalue weighted by molar-refractivity contribution is -0.109. The molecule has 0 fully saturated rings. The normalized spacial score (nSPS) is 10.8. The topological polar surface area (TPSA) is 45.8 Å². The first-order valence-corrected chi connectivity index (χ1v) is 5.07. The highest BCUT2D eigenvalue weighted by molar-refractivity contribution is 8.13. The molecule has 0 aliphatic rings. The molecule has 0 saturated carbocycles. The number of thioether (sulfide) groups is 1. The van der Waals surface area contributed by atoms with E-state index in [2.05, 4.69) is 9.97 Å². The molecule has 70 valence electrons. The number of nitrogens with zero attached hydrogens (tertiary/aromatic N) is 1. The number of aromatic amines is 1. The van der Waals surface area contributed by atoms with Gasteiger partial charge in [-0.05, 0) is 12.5 Å². The van der Waals surface area contributed by atoms with Crippen LogP contribution in [-0.4, -0.2) is 20.8 Å². The van der Waals surface area contributed by atoms with Gasteiger partial charge >= 0.3 is 0 Å². The maximum atomic E-state index is 10.6. The van der Waals surface area contributed by atoms with Crippen LogP contribution in [0.1, 0.15) is 19.2 Å². The van der Waals surface area contributed by atoms with Crippen LogP contribution in [-0.2, 0) is 4.79 Å². The van der Waals surface area contributed by atoms with Gasteiger partial charge in [0.25, 0.3) is 0 Å². The lowest BCUT2D eigenvalue weighted by Gasteiger charge is -1.90. The summed E-state index contributed by atoms with van der Waals surface area (Å²) >= 11 is 1.35. The zero-order valence-corrected chi connectivity index (χ0v) is 8.30. The van der Waals surface area contributed by atoms with Crippen molar-refractivity contribution in [1.29, 1.82) is 0 Å². The molecule has 1 heterocycles. The van der Waals surface area contributed by atoms with Gasteiger partial charge in [-0.2, -0.15) is 0 Å². The Kier molecular flexibility index (Phi) is 4.32. The molecule has 0 aliphatic heterocycles. The minimum Gasteiger partial charge on any atom is -0.345 e. The van der Waals surface area contributed by atoms with Gasteiger partial charge in [0.2, 0.25) is 0 Å². The molecular formula is C9H12N2OS. The molecule has 1 N–H and O–H groups in total. The summed E-state index contributed by atoms with van der Waals surface area (Å²) in [6.07, 6.45) is 8.31. The van der Waals surface area contributed by atoms with Crippen molar-refractivity contribution >= 4 is 23.0 Å². The van der Waals surface area contributed by atoms with E-state index in [1.165, 1.54) is 11.8 Å². The molecule has 4 heteroatoms. The van der Waals surface area contributed by atoms with Crippen LogP contribution in [0.5, 0.6) is 0 Å². The molecule has 0 amide bonds. The van der Waals surface area contributed by atoms with Crippen molar-refractivity contribution in [3.8, 4) is 0 Å². The minimum atomic E-state index is 0.173. The van der Waals surface area contributed by atoms with Crippen LogP contribution in [0.3, 0.4) is 0 Å². The molecule has 1 rings (SSSR count). The van der Waals surface area contributed by atoms with E-state index in [1.54, 1.807) is 19.3 Å². The maximum absolute atomic E-state index is 10.6. The van der Waals surface area contributed by atoms with E-state index in [0.29, 0.717) is 0 Å². The second kappa shape index (κ2) is 5.59. The van der Waals surface area contributed by atoms with E-state index in [1.807, 2.05) is 12.2 Å². The molecule has 0 saturated heterocycles. The zero-order valence-electron chi connectivity index (χ0n) is 7.49. The second-order valence-electron chi connectivity index (χ2n) is 2.51. The molecule has 0 aliphatic carbocycles. The number of nitrogens with one attached hydrogen (secondary N) is 1. The summed E-state index contributed by atoms with van der Waals surface area (Å²) in [5.74, 6) is 1.69. The maximum Gasteiger partial charge on any atom is 0.185 e. The van der Waals surface area contributed by atoms with Crippen LogP contribution in [0.4, 0.5) is 0 Å². The average Bonchev–Trinajstić information content (AvgIpc) is 2.55. The van der Waals surface area contributed by atoms with Crippen molar-refractivity contribution in [2.75, 3.05) is 5.75 Å². The van der Waals surface area contributed by atoms with Gasteiger partial charge < -0.3 is 4.98 Å². The van der Waals surface area contributed by atoms with Crippen LogP contribution in [0, 0.1) is 0 Å². The lowest BCUT2D eigenvalue weighted by atomic mass is 10.4. The standard InChI is InChI=1S/C9H12N2OS/c1-8(12)13-7-3-2-4-9-10-5-6-11-9/h2,4-6H,3,7H2,1H3,(H,10,11). The quantitative estimate of drug-likeness (QED) is 0.750. The van der Waals surface area contributed by atoms with Crippen molar-refractivity contribution in [3.63, 3.8) is 0 Å².